The van der Waals surface area contributed by atoms with E-state index in [0.717, 1.165) is 24.9 Å². The first-order valence-corrected chi connectivity index (χ1v) is 13.4. The number of carboxylic acid groups (broad SMARTS) is 1. The van der Waals surface area contributed by atoms with Gasteiger partial charge < -0.3 is 33.3 Å². The third kappa shape index (κ3) is 7.01. The lowest BCUT2D eigenvalue weighted by Gasteiger charge is -2.46. The molecule has 0 fully saturated rings. The Kier molecular flexibility index (Phi) is 10.6. The van der Waals surface area contributed by atoms with Gasteiger partial charge in [-0.25, -0.2) is 0 Å². The molecule has 0 saturated carbocycles. The number of carbonyl (C=O) groups excluding carboxylic acids is 1. The van der Waals surface area contributed by atoms with Crippen molar-refractivity contribution in [2.24, 2.45) is 0 Å². The highest BCUT2D eigenvalue weighted by atomic mass is 35.5. The molecular formula is C28H36Cl2NO8+. The molecule has 214 valence electrons. The number of hydrogen-bond acceptors (Lipinski definition) is 7. The first-order valence-electron chi connectivity index (χ1n) is 12.6. The van der Waals surface area contributed by atoms with E-state index in [0.29, 0.717) is 40.4 Å². The molecule has 0 spiro atoms. The van der Waals surface area contributed by atoms with Crippen molar-refractivity contribution in [3.05, 3.63) is 47.0 Å². The van der Waals surface area contributed by atoms with Gasteiger partial charge in [-0.2, -0.15) is 0 Å². The molecule has 0 saturated heterocycles. The quantitative estimate of drug-likeness (QED) is 0.161. The summed E-state index contributed by atoms with van der Waals surface area (Å²) >= 11 is 11.5. The maximum Gasteiger partial charge on any atom is 0.326 e. The highest BCUT2D eigenvalue weighted by Gasteiger charge is 2.40. The number of alkyl halides is 2. The number of quaternary nitrogens is 1. The Labute approximate surface area is 239 Å². The second-order valence-electron chi connectivity index (χ2n) is 9.65. The van der Waals surface area contributed by atoms with Gasteiger partial charge >= 0.3 is 11.9 Å². The van der Waals surface area contributed by atoms with Crippen molar-refractivity contribution in [3.63, 3.8) is 0 Å². The lowest BCUT2D eigenvalue weighted by atomic mass is 9.86. The fourth-order valence-electron chi connectivity index (χ4n) is 5.08. The number of esters is 1. The minimum Gasteiger partial charge on any atom is -0.493 e. The summed E-state index contributed by atoms with van der Waals surface area (Å²) in [5, 5.41) is 5.96. The number of carbonyl (C=O) groups is 2. The summed E-state index contributed by atoms with van der Waals surface area (Å²) < 4.78 is 28.1. The molecule has 0 aliphatic carbocycles. The number of carboxylic acids is 1. The van der Waals surface area contributed by atoms with Crippen LogP contribution in [0.15, 0.2) is 30.3 Å². The van der Waals surface area contributed by atoms with Gasteiger partial charge in [-0.3, -0.25) is 9.59 Å². The molecule has 0 aromatic heterocycles. The number of nitrogens with zero attached hydrogens (tertiary/aromatic N) is 1. The molecule has 0 radical (unpaired) electrons. The topological polar surface area (TPSA) is 101 Å². The molecule has 11 heteroatoms. The number of methoxy groups -OCH3 is 4. The molecular weight excluding hydrogens is 549 g/mol. The lowest BCUT2D eigenvalue weighted by molar-refractivity contribution is -0.941. The highest BCUT2D eigenvalue weighted by Crippen LogP contribution is 2.43. The summed E-state index contributed by atoms with van der Waals surface area (Å²) in [7, 11) is 8.67. The number of benzene rings is 2. The molecule has 9 nitrogen and oxygen atoms in total. The largest absolute Gasteiger partial charge is 0.493 e. The Morgan fingerprint density at radius 1 is 0.949 bits per heavy atom. The second-order valence-corrected chi connectivity index (χ2v) is 10.6. The Morgan fingerprint density at radius 2 is 1.56 bits per heavy atom. The van der Waals surface area contributed by atoms with Crippen LogP contribution in [-0.4, -0.2) is 87.5 Å². The maximum absolute atomic E-state index is 12.2. The predicted octanol–water partition coefficient (Wildman–Crippen LogP) is 4.24. The second kappa shape index (κ2) is 13.5. The molecule has 1 N–H and O–H groups in total. The number of likely N-dealkylation sites (N-methyl/N-ethyl adjacent to an activating group) is 1. The summed E-state index contributed by atoms with van der Waals surface area (Å²) in [6.07, 6.45) is 2.11. The van der Waals surface area contributed by atoms with Crippen LogP contribution in [0.3, 0.4) is 0 Å². The van der Waals surface area contributed by atoms with Crippen molar-refractivity contribution >= 4 is 35.1 Å². The van der Waals surface area contributed by atoms with Crippen molar-refractivity contribution < 1.29 is 42.9 Å². The summed E-state index contributed by atoms with van der Waals surface area (Å²) in [5.74, 6) is 0.467. The first kappa shape index (κ1) is 30.7. The van der Waals surface area contributed by atoms with Gasteiger partial charge in [0.15, 0.2) is 33.8 Å². The van der Waals surface area contributed by atoms with Gasteiger partial charge in [0.1, 0.15) is 6.04 Å². The van der Waals surface area contributed by atoms with Gasteiger partial charge in [-0.05, 0) is 35.4 Å². The van der Waals surface area contributed by atoms with Gasteiger partial charge in [-0.1, -0.05) is 6.07 Å². The van der Waals surface area contributed by atoms with E-state index in [2.05, 4.69) is 13.1 Å². The average Bonchev–Trinajstić information content (AvgIpc) is 2.95. The summed E-state index contributed by atoms with van der Waals surface area (Å²) in [4.78, 5) is 23.2. The summed E-state index contributed by atoms with van der Waals surface area (Å²) in [6.45, 7) is 1.66. The van der Waals surface area contributed by atoms with Crippen LogP contribution in [0.25, 0.3) is 0 Å². The van der Waals surface area contributed by atoms with Crippen LogP contribution in [0.4, 0.5) is 0 Å². The van der Waals surface area contributed by atoms with Gasteiger partial charge in [0.25, 0.3) is 0 Å². The Balaban J connectivity index is 1.86. The van der Waals surface area contributed by atoms with Crippen molar-refractivity contribution in [1.82, 2.24) is 0 Å². The van der Waals surface area contributed by atoms with Crippen LogP contribution in [0.2, 0.25) is 0 Å². The van der Waals surface area contributed by atoms with Crippen LogP contribution >= 0.6 is 23.2 Å². The average molecular weight is 586 g/mol. The number of halogens is 2. The van der Waals surface area contributed by atoms with Gasteiger partial charge in [-0.15, -0.1) is 23.2 Å². The van der Waals surface area contributed by atoms with E-state index in [1.54, 1.807) is 28.4 Å². The molecule has 1 heterocycles. The molecule has 2 unspecified atom stereocenters. The molecule has 39 heavy (non-hydrogen) atoms. The van der Waals surface area contributed by atoms with E-state index in [9.17, 15) is 9.59 Å². The molecule has 0 bridgehead atoms. The number of fused-ring (bicyclic) bond motifs is 1. The van der Waals surface area contributed by atoms with E-state index in [4.69, 9.17) is 52.0 Å². The third-order valence-corrected chi connectivity index (χ3v) is 8.30. The zero-order chi connectivity index (χ0) is 28.7. The fraction of sp³-hybridized carbons (Fsp3) is 0.500. The Hall–Kier alpha value is -2.88. The Bertz CT molecular complexity index is 1180. The SMILES string of the molecule is COc1ccc(C[C@@H]2c3cc(OC)c(OC)cc3CC[N@@+]2(C)CCCOC(=O)C(Cl)C(Cl)C(=O)O)cc1OC. The van der Waals surface area contributed by atoms with Crippen LogP contribution in [-0.2, 0) is 27.2 Å². The fourth-order valence-corrected chi connectivity index (χ4v) is 5.36. The van der Waals surface area contributed by atoms with E-state index in [-0.39, 0.29) is 12.6 Å². The molecule has 3 rings (SSSR count). The molecule has 0 amide bonds. The van der Waals surface area contributed by atoms with Crippen LogP contribution < -0.4 is 18.9 Å². The van der Waals surface area contributed by atoms with E-state index in [1.807, 2.05) is 24.3 Å². The van der Waals surface area contributed by atoms with Crippen molar-refractivity contribution in [2.45, 2.75) is 36.1 Å². The zero-order valence-electron chi connectivity index (χ0n) is 22.9. The molecule has 1 aliphatic rings. The van der Waals surface area contributed by atoms with Gasteiger partial charge in [0.2, 0.25) is 0 Å². The molecule has 2 aromatic carbocycles. The van der Waals surface area contributed by atoms with Gasteiger partial charge in [0, 0.05) is 24.8 Å². The summed E-state index contributed by atoms with van der Waals surface area (Å²) in [6, 6.07) is 10.1. The maximum atomic E-state index is 12.2. The predicted molar refractivity (Wildman–Crippen MR) is 148 cm³/mol. The monoisotopic (exact) mass is 584 g/mol. The highest BCUT2D eigenvalue weighted by molar-refractivity contribution is 6.41. The van der Waals surface area contributed by atoms with Crippen molar-refractivity contribution in [2.75, 3.05) is 55.2 Å². The zero-order valence-corrected chi connectivity index (χ0v) is 24.4. The molecule has 2 aromatic rings. The Morgan fingerprint density at radius 3 is 2.18 bits per heavy atom. The first-order chi connectivity index (χ1) is 18.6. The summed E-state index contributed by atoms with van der Waals surface area (Å²) in [5.41, 5.74) is 3.45. The number of rotatable bonds is 13. The van der Waals surface area contributed by atoms with Crippen LogP contribution in [0.5, 0.6) is 23.0 Å². The van der Waals surface area contributed by atoms with E-state index in [1.165, 1.54) is 11.1 Å². The lowest BCUT2D eigenvalue weighted by Crippen LogP contribution is -2.52. The number of aliphatic carboxylic acids is 1. The van der Waals surface area contributed by atoms with Crippen molar-refractivity contribution in [3.8, 4) is 23.0 Å². The van der Waals surface area contributed by atoms with E-state index >= 15 is 0 Å². The van der Waals surface area contributed by atoms with Crippen LogP contribution in [0, 0.1) is 0 Å². The minimum atomic E-state index is -1.56. The standard InChI is InChI=1S/C28H35Cl2NO8/c1-31(10-6-12-39-28(34)26(30)25(29)27(32)33)11-9-18-15-23(37-4)24(38-5)16-19(18)20(31)13-17-7-8-21(35-2)22(14-17)36-3/h7-8,14-16,20,25-26H,6,9-13H2,1-5H3/p+1/t20-,25?,26?,31-/m1/s1. The van der Waals surface area contributed by atoms with Crippen LogP contribution in [0.1, 0.15) is 29.2 Å². The molecule has 1 aliphatic heterocycles. The number of ether oxygens (including phenoxy) is 5. The molecule has 4 atom stereocenters. The number of hydrogen-bond donors (Lipinski definition) is 1. The van der Waals surface area contributed by atoms with E-state index < -0.39 is 22.7 Å². The minimum absolute atomic E-state index is 0.0577. The van der Waals surface area contributed by atoms with Crippen molar-refractivity contribution in [1.29, 1.82) is 0 Å². The van der Waals surface area contributed by atoms with Gasteiger partial charge in [0.05, 0.1) is 55.2 Å². The third-order valence-electron chi connectivity index (χ3n) is 7.30. The normalized spacial score (nSPS) is 19.8. The smallest absolute Gasteiger partial charge is 0.326 e.